The minimum absolute atomic E-state index is 0.281. The summed E-state index contributed by atoms with van der Waals surface area (Å²) >= 11 is 5.15. The maximum Gasteiger partial charge on any atom is 0.154 e. The predicted molar refractivity (Wildman–Crippen MR) is 77.6 cm³/mol. The molecule has 0 spiro atoms. The van der Waals surface area contributed by atoms with Crippen LogP contribution in [0.2, 0.25) is 0 Å². The van der Waals surface area contributed by atoms with Crippen LogP contribution in [-0.2, 0) is 6.61 Å². The molecule has 4 heteroatoms. The van der Waals surface area contributed by atoms with Crippen molar-refractivity contribution in [1.82, 2.24) is 0 Å². The van der Waals surface area contributed by atoms with E-state index in [0.717, 1.165) is 5.56 Å². The van der Waals surface area contributed by atoms with Crippen LogP contribution in [0.15, 0.2) is 46.9 Å². The topological polar surface area (TPSA) is 9.23 Å². The van der Waals surface area contributed by atoms with Gasteiger partial charge in [0.2, 0.25) is 0 Å². The first kappa shape index (κ1) is 12.8. The first-order valence-corrected chi connectivity index (χ1v) is 6.86. The van der Waals surface area contributed by atoms with Crippen molar-refractivity contribution in [2.45, 2.75) is 6.61 Å². The van der Waals surface area contributed by atoms with Crippen molar-refractivity contribution in [1.29, 1.82) is 0 Å². The highest BCUT2D eigenvalue weighted by atomic mass is 127. The third-order valence-corrected chi connectivity index (χ3v) is 3.81. The van der Waals surface area contributed by atoms with E-state index in [1.807, 2.05) is 52.9 Å². The second-order valence-electron chi connectivity index (χ2n) is 3.45. The Morgan fingerprint density at radius 3 is 2.53 bits per heavy atom. The molecule has 0 aromatic heterocycles. The molecule has 0 N–H and O–H groups in total. The molecule has 0 amide bonds. The minimum atomic E-state index is -0.281. The highest BCUT2D eigenvalue weighted by Crippen LogP contribution is 2.31. The average Bonchev–Trinajstić information content (AvgIpc) is 2.36. The number of hydrogen-bond acceptors (Lipinski definition) is 1. The fraction of sp³-hybridized carbons (Fsp3) is 0.0769. The fourth-order valence-corrected chi connectivity index (χ4v) is 2.64. The second kappa shape index (κ2) is 5.82. The van der Waals surface area contributed by atoms with Gasteiger partial charge in [-0.2, -0.15) is 0 Å². The van der Waals surface area contributed by atoms with Crippen molar-refractivity contribution in [3.05, 3.63) is 61.9 Å². The summed E-state index contributed by atoms with van der Waals surface area (Å²) in [5.74, 6) is 0.239. The van der Waals surface area contributed by atoms with Gasteiger partial charge in [0.05, 0.1) is 8.04 Å². The molecule has 2 aromatic carbocycles. The van der Waals surface area contributed by atoms with Gasteiger partial charge >= 0.3 is 0 Å². The van der Waals surface area contributed by atoms with E-state index in [1.54, 1.807) is 12.1 Å². The third-order valence-electron chi connectivity index (χ3n) is 2.24. The lowest BCUT2D eigenvalue weighted by Crippen LogP contribution is -1.97. The van der Waals surface area contributed by atoms with Crippen LogP contribution in [0.5, 0.6) is 5.75 Å². The Balaban J connectivity index is 2.13. The van der Waals surface area contributed by atoms with E-state index in [4.69, 9.17) is 4.74 Å². The summed E-state index contributed by atoms with van der Waals surface area (Å²) in [5.41, 5.74) is 1.05. The Hall–Kier alpha value is -0.620. The minimum Gasteiger partial charge on any atom is -0.488 e. The summed E-state index contributed by atoms with van der Waals surface area (Å²) in [5, 5.41) is 0. The molecule has 0 aliphatic heterocycles. The molecule has 0 fully saturated rings. The van der Waals surface area contributed by atoms with Gasteiger partial charge in [0.15, 0.2) is 5.82 Å². The van der Waals surface area contributed by atoms with Gasteiger partial charge in [0, 0.05) is 0 Å². The first-order chi connectivity index (χ1) is 8.18. The van der Waals surface area contributed by atoms with Gasteiger partial charge in [-0.25, -0.2) is 4.39 Å². The molecule has 0 atom stereocenters. The first-order valence-electron chi connectivity index (χ1n) is 4.98. The molecule has 0 aliphatic carbocycles. The molecule has 2 rings (SSSR count). The van der Waals surface area contributed by atoms with Crippen LogP contribution in [0.1, 0.15) is 5.56 Å². The lowest BCUT2D eigenvalue weighted by atomic mass is 10.2. The average molecular weight is 407 g/mol. The van der Waals surface area contributed by atoms with E-state index in [-0.39, 0.29) is 5.82 Å². The van der Waals surface area contributed by atoms with Gasteiger partial charge in [-0.05, 0) is 56.2 Å². The maximum absolute atomic E-state index is 13.6. The molecule has 0 heterocycles. The monoisotopic (exact) mass is 406 g/mol. The number of halogens is 3. The molecule has 0 unspecified atom stereocenters. The fourth-order valence-electron chi connectivity index (χ4n) is 1.35. The van der Waals surface area contributed by atoms with Gasteiger partial charge < -0.3 is 4.74 Å². The van der Waals surface area contributed by atoms with Crippen LogP contribution in [0.25, 0.3) is 0 Å². The van der Waals surface area contributed by atoms with E-state index in [9.17, 15) is 4.39 Å². The summed E-state index contributed by atoms with van der Waals surface area (Å²) in [6.07, 6.45) is 0. The predicted octanol–water partition coefficient (Wildman–Crippen LogP) is 4.77. The smallest absolute Gasteiger partial charge is 0.154 e. The van der Waals surface area contributed by atoms with E-state index < -0.39 is 0 Å². The number of benzene rings is 2. The molecule has 0 aliphatic rings. The Morgan fingerprint density at radius 2 is 1.82 bits per heavy atom. The molecule has 0 bridgehead atoms. The highest BCUT2D eigenvalue weighted by molar-refractivity contribution is 14.1. The molecule has 88 valence electrons. The quantitative estimate of drug-likeness (QED) is 0.526. The van der Waals surface area contributed by atoms with Gasteiger partial charge in [-0.3, -0.25) is 0 Å². The molecule has 0 saturated heterocycles. The zero-order chi connectivity index (χ0) is 12.3. The van der Waals surface area contributed by atoms with Crippen molar-refractivity contribution in [3.8, 4) is 5.75 Å². The lowest BCUT2D eigenvalue weighted by Gasteiger charge is -2.09. The summed E-state index contributed by atoms with van der Waals surface area (Å²) < 4.78 is 20.1. The maximum atomic E-state index is 13.6. The van der Waals surface area contributed by atoms with Crippen molar-refractivity contribution in [2.75, 3.05) is 0 Å². The standard InChI is InChI=1S/C13H9BrFIO/c14-12-11(7-6-10(16)13(12)15)17-8-9-4-2-1-3-5-9/h1-7H,8H2. The van der Waals surface area contributed by atoms with Crippen LogP contribution < -0.4 is 4.74 Å². The van der Waals surface area contributed by atoms with Crippen molar-refractivity contribution >= 4 is 38.5 Å². The summed E-state index contributed by atoms with van der Waals surface area (Å²) in [6.45, 7) is 0.430. The van der Waals surface area contributed by atoms with E-state index >= 15 is 0 Å². The molecule has 2 aromatic rings. The number of ether oxygens (including phenoxy) is 1. The number of hydrogen-bond donors (Lipinski definition) is 0. The van der Waals surface area contributed by atoms with Crippen molar-refractivity contribution < 1.29 is 9.13 Å². The van der Waals surface area contributed by atoms with Gasteiger partial charge in [-0.1, -0.05) is 30.3 Å². The lowest BCUT2D eigenvalue weighted by molar-refractivity contribution is 0.302. The molecule has 0 radical (unpaired) electrons. The molecular weight excluding hydrogens is 398 g/mol. The molecular formula is C13H9BrFIO. The molecule has 1 nitrogen and oxygen atoms in total. The van der Waals surface area contributed by atoms with Gasteiger partial charge in [0.25, 0.3) is 0 Å². The van der Waals surface area contributed by atoms with E-state index in [0.29, 0.717) is 20.4 Å². The molecule has 0 saturated carbocycles. The molecule has 17 heavy (non-hydrogen) atoms. The Kier molecular flexibility index (Phi) is 4.39. The van der Waals surface area contributed by atoms with Crippen molar-refractivity contribution in [2.24, 2.45) is 0 Å². The Labute approximate surface area is 121 Å². The Morgan fingerprint density at radius 1 is 1.12 bits per heavy atom. The summed E-state index contributed by atoms with van der Waals surface area (Å²) in [4.78, 5) is 0. The van der Waals surface area contributed by atoms with Crippen LogP contribution in [0, 0.1) is 9.39 Å². The van der Waals surface area contributed by atoms with E-state index in [1.165, 1.54) is 0 Å². The normalized spacial score (nSPS) is 10.3. The van der Waals surface area contributed by atoms with E-state index in [2.05, 4.69) is 15.9 Å². The third kappa shape index (κ3) is 3.19. The van der Waals surface area contributed by atoms with Crippen LogP contribution in [0.4, 0.5) is 4.39 Å². The summed E-state index contributed by atoms with van der Waals surface area (Å²) in [6, 6.07) is 13.2. The van der Waals surface area contributed by atoms with Crippen LogP contribution >= 0.6 is 38.5 Å². The summed E-state index contributed by atoms with van der Waals surface area (Å²) in [7, 11) is 0. The largest absolute Gasteiger partial charge is 0.488 e. The second-order valence-corrected chi connectivity index (χ2v) is 5.40. The Bertz CT molecular complexity index is 516. The SMILES string of the molecule is Fc1c(I)ccc(OCc2ccccc2)c1Br. The van der Waals surface area contributed by atoms with Crippen LogP contribution in [0.3, 0.4) is 0 Å². The zero-order valence-electron chi connectivity index (χ0n) is 8.79. The van der Waals surface area contributed by atoms with Crippen molar-refractivity contribution in [3.63, 3.8) is 0 Å². The number of rotatable bonds is 3. The van der Waals surface area contributed by atoms with Gasteiger partial charge in [-0.15, -0.1) is 0 Å². The zero-order valence-corrected chi connectivity index (χ0v) is 12.5. The highest BCUT2D eigenvalue weighted by Gasteiger charge is 2.10. The van der Waals surface area contributed by atoms with Crippen LogP contribution in [-0.4, -0.2) is 0 Å². The van der Waals surface area contributed by atoms with Gasteiger partial charge in [0.1, 0.15) is 12.4 Å².